The van der Waals surface area contributed by atoms with Crippen LogP contribution in [0.15, 0.2) is 0 Å². The smallest absolute Gasteiger partial charge is 0.0322 e. The van der Waals surface area contributed by atoms with E-state index in [-0.39, 0.29) is 0 Å². The first-order valence-electron chi connectivity index (χ1n) is 4.23. The summed E-state index contributed by atoms with van der Waals surface area (Å²) in [6, 6.07) is 0. The molecular formula is C10H14. The zero-order valence-electron chi connectivity index (χ0n) is 6.78. The normalized spacial score (nSPS) is 41.3. The van der Waals surface area contributed by atoms with Crippen molar-refractivity contribution in [1.29, 1.82) is 0 Å². The molecule has 3 rings (SSSR count). The van der Waals surface area contributed by atoms with Crippen molar-refractivity contribution in [3.05, 3.63) is 0 Å². The fourth-order valence-electron chi connectivity index (χ4n) is 1.93. The van der Waals surface area contributed by atoms with Crippen molar-refractivity contribution in [3.8, 4) is 11.8 Å². The summed E-state index contributed by atoms with van der Waals surface area (Å²) in [7, 11) is 0. The topological polar surface area (TPSA) is 0 Å². The van der Waals surface area contributed by atoms with E-state index in [1.807, 2.05) is 0 Å². The van der Waals surface area contributed by atoms with E-state index in [1.165, 1.54) is 19.3 Å². The summed E-state index contributed by atoms with van der Waals surface area (Å²) in [5.41, 5.74) is 0.537. The van der Waals surface area contributed by atoms with Gasteiger partial charge in [0.05, 0.1) is 0 Å². The van der Waals surface area contributed by atoms with E-state index >= 15 is 0 Å². The maximum Gasteiger partial charge on any atom is 0.0322 e. The second-order valence-corrected chi connectivity index (χ2v) is 4.18. The minimum atomic E-state index is 0.537. The first kappa shape index (κ1) is 6.28. The third-order valence-corrected chi connectivity index (χ3v) is 2.66. The van der Waals surface area contributed by atoms with Gasteiger partial charge in [0, 0.05) is 11.3 Å². The average molecular weight is 134 g/mol. The Morgan fingerprint density at radius 3 is 2.20 bits per heavy atom. The average Bonchev–Trinajstić information content (AvgIpc) is 1.56. The van der Waals surface area contributed by atoms with E-state index in [2.05, 4.69) is 25.7 Å². The van der Waals surface area contributed by atoms with Crippen LogP contribution in [0.2, 0.25) is 0 Å². The third-order valence-electron chi connectivity index (χ3n) is 2.66. The van der Waals surface area contributed by atoms with Crippen LogP contribution in [-0.4, -0.2) is 0 Å². The van der Waals surface area contributed by atoms with Crippen molar-refractivity contribution in [2.24, 2.45) is 17.3 Å². The van der Waals surface area contributed by atoms with Crippen molar-refractivity contribution in [3.63, 3.8) is 0 Å². The van der Waals surface area contributed by atoms with Crippen LogP contribution >= 0.6 is 0 Å². The van der Waals surface area contributed by atoms with Crippen LogP contribution in [0.3, 0.4) is 0 Å². The van der Waals surface area contributed by atoms with Crippen LogP contribution in [0.4, 0.5) is 0 Å². The van der Waals surface area contributed by atoms with Crippen LogP contribution in [0, 0.1) is 29.1 Å². The van der Waals surface area contributed by atoms with Crippen molar-refractivity contribution in [1.82, 2.24) is 0 Å². The minimum Gasteiger partial charge on any atom is -0.0999 e. The van der Waals surface area contributed by atoms with Gasteiger partial charge in [-0.1, -0.05) is 25.7 Å². The second-order valence-electron chi connectivity index (χ2n) is 4.18. The quantitative estimate of drug-likeness (QED) is 0.446. The van der Waals surface area contributed by atoms with Crippen molar-refractivity contribution in [2.75, 3.05) is 0 Å². The highest BCUT2D eigenvalue weighted by atomic mass is 14.6. The fourth-order valence-corrected chi connectivity index (χ4v) is 1.93. The SMILES string of the molecule is CC(C)C#CC12CC(C1)C2. The lowest BCUT2D eigenvalue weighted by Gasteiger charge is -2.58. The molecule has 0 radical (unpaired) electrons. The Balaban J connectivity index is 1.97. The molecule has 3 fully saturated rings. The molecule has 3 aliphatic carbocycles. The van der Waals surface area contributed by atoms with E-state index in [0.29, 0.717) is 11.3 Å². The summed E-state index contributed by atoms with van der Waals surface area (Å²) >= 11 is 0. The molecule has 0 aromatic heterocycles. The molecule has 0 saturated heterocycles. The van der Waals surface area contributed by atoms with Crippen LogP contribution in [-0.2, 0) is 0 Å². The molecule has 10 heavy (non-hydrogen) atoms. The fraction of sp³-hybridized carbons (Fsp3) is 0.800. The van der Waals surface area contributed by atoms with Crippen LogP contribution < -0.4 is 0 Å². The summed E-state index contributed by atoms with van der Waals surface area (Å²) in [6.07, 6.45) is 4.23. The lowest BCUT2D eigenvalue weighted by molar-refractivity contribution is -0.0507. The van der Waals surface area contributed by atoms with Gasteiger partial charge in [0.2, 0.25) is 0 Å². The molecule has 0 unspecified atom stereocenters. The van der Waals surface area contributed by atoms with Gasteiger partial charge >= 0.3 is 0 Å². The second kappa shape index (κ2) is 1.78. The Labute approximate surface area is 63.0 Å². The standard InChI is InChI=1S/C10H14/c1-8(2)3-4-10-5-9(6-10)7-10/h8-9H,5-7H2,1-2H3. The van der Waals surface area contributed by atoms with Gasteiger partial charge in [0.15, 0.2) is 0 Å². The molecule has 0 aliphatic heterocycles. The predicted molar refractivity (Wildman–Crippen MR) is 42.4 cm³/mol. The third kappa shape index (κ3) is 0.770. The zero-order valence-corrected chi connectivity index (χ0v) is 6.78. The highest BCUT2D eigenvalue weighted by molar-refractivity contribution is 5.25. The Morgan fingerprint density at radius 1 is 1.30 bits per heavy atom. The summed E-state index contributed by atoms with van der Waals surface area (Å²) in [4.78, 5) is 0. The van der Waals surface area contributed by atoms with Gasteiger partial charge in [-0.25, -0.2) is 0 Å². The Kier molecular flexibility index (Phi) is 1.12. The minimum absolute atomic E-state index is 0.537. The van der Waals surface area contributed by atoms with Gasteiger partial charge in [0.25, 0.3) is 0 Å². The summed E-state index contributed by atoms with van der Waals surface area (Å²) in [5.74, 6) is 8.32. The monoisotopic (exact) mass is 134 g/mol. The molecule has 0 heterocycles. The lowest BCUT2D eigenvalue weighted by Crippen LogP contribution is -2.50. The molecule has 0 heteroatoms. The number of hydrogen-bond acceptors (Lipinski definition) is 0. The molecule has 0 aromatic carbocycles. The molecule has 3 aliphatic rings. The van der Waals surface area contributed by atoms with Crippen LogP contribution in [0.5, 0.6) is 0 Å². The number of rotatable bonds is 0. The van der Waals surface area contributed by atoms with E-state index in [9.17, 15) is 0 Å². The largest absolute Gasteiger partial charge is 0.0999 e. The van der Waals surface area contributed by atoms with Crippen molar-refractivity contribution < 1.29 is 0 Å². The Hall–Kier alpha value is -0.440. The first-order chi connectivity index (χ1) is 4.70. The molecule has 0 N–H and O–H groups in total. The van der Waals surface area contributed by atoms with E-state index in [1.54, 1.807) is 0 Å². The highest BCUT2D eigenvalue weighted by Crippen LogP contribution is 2.63. The number of hydrogen-bond donors (Lipinski definition) is 0. The maximum atomic E-state index is 3.41. The van der Waals surface area contributed by atoms with E-state index < -0.39 is 0 Å². The molecule has 0 spiro atoms. The zero-order chi connectivity index (χ0) is 7.19. The molecular weight excluding hydrogens is 120 g/mol. The highest BCUT2D eigenvalue weighted by Gasteiger charge is 2.55. The van der Waals surface area contributed by atoms with E-state index in [0.717, 1.165) is 5.92 Å². The van der Waals surface area contributed by atoms with Gasteiger partial charge in [-0.15, -0.1) is 0 Å². The van der Waals surface area contributed by atoms with Gasteiger partial charge < -0.3 is 0 Å². The molecule has 0 aromatic rings. The predicted octanol–water partition coefficient (Wildman–Crippen LogP) is 2.45. The van der Waals surface area contributed by atoms with Gasteiger partial charge in [-0.3, -0.25) is 0 Å². The van der Waals surface area contributed by atoms with E-state index in [4.69, 9.17) is 0 Å². The first-order valence-corrected chi connectivity index (χ1v) is 4.23. The van der Waals surface area contributed by atoms with Gasteiger partial charge in [-0.2, -0.15) is 0 Å². The van der Waals surface area contributed by atoms with Gasteiger partial charge in [0.1, 0.15) is 0 Å². The molecule has 0 nitrogen and oxygen atoms in total. The van der Waals surface area contributed by atoms with Crippen LogP contribution in [0.1, 0.15) is 33.1 Å². The molecule has 2 bridgehead atoms. The lowest BCUT2D eigenvalue weighted by atomic mass is 9.45. The summed E-state index contributed by atoms with van der Waals surface area (Å²) < 4.78 is 0. The molecule has 3 saturated carbocycles. The van der Waals surface area contributed by atoms with Crippen molar-refractivity contribution >= 4 is 0 Å². The maximum absolute atomic E-state index is 3.41. The summed E-state index contributed by atoms with van der Waals surface area (Å²) in [5, 5.41) is 0. The van der Waals surface area contributed by atoms with Crippen molar-refractivity contribution in [2.45, 2.75) is 33.1 Å². The Morgan fingerprint density at radius 2 is 1.90 bits per heavy atom. The molecule has 54 valence electrons. The molecule has 0 atom stereocenters. The Bertz CT molecular complexity index is 185. The molecule has 0 amide bonds. The van der Waals surface area contributed by atoms with Crippen LogP contribution in [0.25, 0.3) is 0 Å². The van der Waals surface area contributed by atoms with Gasteiger partial charge in [-0.05, 0) is 25.2 Å². The summed E-state index contributed by atoms with van der Waals surface area (Å²) in [6.45, 7) is 4.33.